The van der Waals surface area contributed by atoms with Gasteiger partial charge >= 0.3 is 0 Å². The molecule has 0 saturated carbocycles. The average Bonchev–Trinajstić information content (AvgIpc) is 2.84. The van der Waals surface area contributed by atoms with Gasteiger partial charge in [0.1, 0.15) is 5.75 Å². The third kappa shape index (κ3) is 4.03. The van der Waals surface area contributed by atoms with E-state index < -0.39 is 0 Å². The third-order valence-corrected chi connectivity index (χ3v) is 2.71. The molecule has 0 atom stereocenters. The molecule has 0 spiro atoms. The average molecular weight is 276 g/mol. The van der Waals surface area contributed by atoms with Crippen LogP contribution in [0.25, 0.3) is 0 Å². The van der Waals surface area contributed by atoms with E-state index in [2.05, 4.69) is 27.4 Å². The zero-order valence-electron chi connectivity index (χ0n) is 12.1. The minimum absolute atomic E-state index is 0.256. The van der Waals surface area contributed by atoms with E-state index in [9.17, 15) is 0 Å². The van der Waals surface area contributed by atoms with Crippen molar-refractivity contribution in [2.75, 3.05) is 6.54 Å². The van der Waals surface area contributed by atoms with Gasteiger partial charge < -0.3 is 14.5 Å². The van der Waals surface area contributed by atoms with Crippen LogP contribution in [-0.2, 0) is 13.2 Å². The van der Waals surface area contributed by atoms with Gasteiger partial charge in [-0.05, 0) is 32.0 Å². The second-order valence-corrected chi connectivity index (χ2v) is 4.58. The summed E-state index contributed by atoms with van der Waals surface area (Å²) in [5.41, 5.74) is 1.87. The van der Waals surface area contributed by atoms with Crippen LogP contribution >= 0.6 is 0 Å². The SMILES string of the molecule is CCCNCc1nc(C)ccc1OCc1nnc(C)o1. The lowest BCUT2D eigenvalue weighted by molar-refractivity contribution is 0.256. The number of hydrogen-bond donors (Lipinski definition) is 1. The van der Waals surface area contributed by atoms with Gasteiger partial charge in [-0.15, -0.1) is 10.2 Å². The third-order valence-electron chi connectivity index (χ3n) is 2.71. The molecular formula is C14H20N4O2. The molecule has 0 aliphatic rings. The molecule has 0 unspecified atom stereocenters. The Labute approximate surface area is 118 Å². The Kier molecular flexibility index (Phi) is 5.06. The number of pyridine rings is 1. The van der Waals surface area contributed by atoms with Gasteiger partial charge in [-0.3, -0.25) is 4.98 Å². The molecule has 0 bridgehead atoms. The predicted molar refractivity (Wildman–Crippen MR) is 74.3 cm³/mol. The summed E-state index contributed by atoms with van der Waals surface area (Å²) in [5, 5.41) is 11.0. The Bertz CT molecular complexity index is 554. The maximum Gasteiger partial charge on any atom is 0.253 e. The summed E-state index contributed by atoms with van der Waals surface area (Å²) >= 11 is 0. The minimum Gasteiger partial charge on any atom is -0.482 e. The summed E-state index contributed by atoms with van der Waals surface area (Å²) in [6, 6.07) is 3.85. The molecule has 2 aromatic heterocycles. The fraction of sp³-hybridized carbons (Fsp3) is 0.500. The summed E-state index contributed by atoms with van der Waals surface area (Å²) in [6.07, 6.45) is 1.09. The second kappa shape index (κ2) is 7.00. The molecule has 2 heterocycles. The quantitative estimate of drug-likeness (QED) is 0.781. The van der Waals surface area contributed by atoms with Crippen molar-refractivity contribution in [3.05, 3.63) is 35.3 Å². The number of hydrogen-bond acceptors (Lipinski definition) is 6. The van der Waals surface area contributed by atoms with Crippen molar-refractivity contribution < 1.29 is 9.15 Å². The van der Waals surface area contributed by atoms with Crippen LogP contribution in [0, 0.1) is 13.8 Å². The zero-order chi connectivity index (χ0) is 14.4. The molecule has 0 fully saturated rings. The van der Waals surface area contributed by atoms with Crippen molar-refractivity contribution in [2.45, 2.75) is 40.3 Å². The largest absolute Gasteiger partial charge is 0.482 e. The summed E-state index contributed by atoms with van der Waals surface area (Å²) in [5.74, 6) is 1.75. The van der Waals surface area contributed by atoms with Gasteiger partial charge in [-0.25, -0.2) is 0 Å². The van der Waals surface area contributed by atoms with Gasteiger partial charge in [0.25, 0.3) is 5.89 Å². The van der Waals surface area contributed by atoms with Crippen molar-refractivity contribution in [1.29, 1.82) is 0 Å². The van der Waals surface area contributed by atoms with Gasteiger partial charge in [-0.1, -0.05) is 6.92 Å². The zero-order valence-corrected chi connectivity index (χ0v) is 12.1. The predicted octanol–water partition coefficient (Wildman–Crippen LogP) is 2.16. The highest BCUT2D eigenvalue weighted by Gasteiger charge is 2.08. The Hall–Kier alpha value is -1.95. The van der Waals surface area contributed by atoms with E-state index in [0.29, 0.717) is 18.3 Å². The van der Waals surface area contributed by atoms with Gasteiger partial charge in [0.05, 0.1) is 5.69 Å². The van der Waals surface area contributed by atoms with Crippen LogP contribution in [0.1, 0.15) is 36.5 Å². The Morgan fingerprint density at radius 1 is 1.25 bits per heavy atom. The molecule has 6 nitrogen and oxygen atoms in total. The molecule has 0 aliphatic heterocycles. The van der Waals surface area contributed by atoms with Crippen LogP contribution in [0.4, 0.5) is 0 Å². The van der Waals surface area contributed by atoms with E-state index in [4.69, 9.17) is 9.15 Å². The van der Waals surface area contributed by atoms with Crippen molar-refractivity contribution in [3.8, 4) is 5.75 Å². The number of nitrogens with one attached hydrogen (secondary N) is 1. The first kappa shape index (κ1) is 14.5. The standard InChI is InChI=1S/C14H20N4O2/c1-4-7-15-8-12-13(6-5-10(2)16-12)19-9-14-18-17-11(3)20-14/h5-6,15H,4,7-9H2,1-3H3. The number of aryl methyl sites for hydroxylation is 2. The highest BCUT2D eigenvalue weighted by molar-refractivity contribution is 5.29. The summed E-state index contributed by atoms with van der Waals surface area (Å²) in [6.45, 7) is 7.75. The summed E-state index contributed by atoms with van der Waals surface area (Å²) < 4.78 is 11.0. The molecule has 6 heteroatoms. The van der Waals surface area contributed by atoms with Gasteiger partial charge in [0.15, 0.2) is 6.61 Å². The molecule has 2 rings (SSSR count). The number of ether oxygens (including phenoxy) is 1. The van der Waals surface area contributed by atoms with E-state index in [1.54, 1.807) is 6.92 Å². The fourth-order valence-corrected chi connectivity index (χ4v) is 1.77. The maximum atomic E-state index is 5.72. The first-order valence-electron chi connectivity index (χ1n) is 6.78. The van der Waals surface area contributed by atoms with Gasteiger partial charge in [0, 0.05) is 19.2 Å². The Morgan fingerprint density at radius 2 is 2.10 bits per heavy atom. The van der Waals surface area contributed by atoms with Crippen LogP contribution < -0.4 is 10.1 Å². The minimum atomic E-state index is 0.256. The smallest absolute Gasteiger partial charge is 0.253 e. The van der Waals surface area contributed by atoms with Gasteiger partial charge in [-0.2, -0.15) is 0 Å². The van der Waals surface area contributed by atoms with Crippen LogP contribution in [0.15, 0.2) is 16.5 Å². The number of aromatic nitrogens is 3. The van der Waals surface area contributed by atoms with E-state index >= 15 is 0 Å². The van der Waals surface area contributed by atoms with Crippen molar-refractivity contribution in [1.82, 2.24) is 20.5 Å². The fourth-order valence-electron chi connectivity index (χ4n) is 1.77. The first-order chi connectivity index (χ1) is 9.69. The highest BCUT2D eigenvalue weighted by Crippen LogP contribution is 2.18. The maximum absolute atomic E-state index is 5.72. The van der Waals surface area contributed by atoms with Crippen molar-refractivity contribution >= 4 is 0 Å². The van der Waals surface area contributed by atoms with Crippen LogP contribution in [0.5, 0.6) is 5.75 Å². The van der Waals surface area contributed by atoms with Crippen LogP contribution in [0.2, 0.25) is 0 Å². The second-order valence-electron chi connectivity index (χ2n) is 4.58. The molecule has 108 valence electrons. The van der Waals surface area contributed by atoms with E-state index in [0.717, 1.165) is 30.1 Å². The molecule has 0 aliphatic carbocycles. The molecule has 0 amide bonds. The van der Waals surface area contributed by atoms with Gasteiger partial charge in [0.2, 0.25) is 5.89 Å². The number of rotatable bonds is 7. The molecule has 2 aromatic rings. The number of nitrogens with zero attached hydrogens (tertiary/aromatic N) is 3. The Morgan fingerprint density at radius 3 is 2.80 bits per heavy atom. The molecule has 0 radical (unpaired) electrons. The topological polar surface area (TPSA) is 73.1 Å². The lowest BCUT2D eigenvalue weighted by Crippen LogP contribution is -2.16. The van der Waals surface area contributed by atoms with Crippen LogP contribution in [-0.4, -0.2) is 21.7 Å². The van der Waals surface area contributed by atoms with E-state index in [1.807, 2.05) is 19.1 Å². The lowest BCUT2D eigenvalue weighted by Gasteiger charge is -2.10. The molecule has 20 heavy (non-hydrogen) atoms. The highest BCUT2D eigenvalue weighted by atomic mass is 16.5. The molecule has 0 saturated heterocycles. The molecular weight excluding hydrogens is 256 g/mol. The first-order valence-corrected chi connectivity index (χ1v) is 6.78. The van der Waals surface area contributed by atoms with Crippen molar-refractivity contribution in [2.24, 2.45) is 0 Å². The monoisotopic (exact) mass is 276 g/mol. The Balaban J connectivity index is 2.01. The lowest BCUT2D eigenvalue weighted by atomic mass is 10.2. The molecule has 1 N–H and O–H groups in total. The molecule has 0 aromatic carbocycles. The normalized spacial score (nSPS) is 10.8. The van der Waals surface area contributed by atoms with Crippen LogP contribution in [0.3, 0.4) is 0 Å². The van der Waals surface area contributed by atoms with E-state index in [-0.39, 0.29) is 6.61 Å². The summed E-state index contributed by atoms with van der Waals surface area (Å²) in [4.78, 5) is 4.51. The van der Waals surface area contributed by atoms with E-state index in [1.165, 1.54) is 0 Å². The summed E-state index contributed by atoms with van der Waals surface area (Å²) in [7, 11) is 0. The van der Waals surface area contributed by atoms with Crippen molar-refractivity contribution in [3.63, 3.8) is 0 Å².